The van der Waals surface area contributed by atoms with E-state index in [0.717, 1.165) is 19.4 Å². The van der Waals surface area contributed by atoms with Gasteiger partial charge in [0.1, 0.15) is 0 Å². The molecule has 0 atom stereocenters. The molecular formula is C13H25NO2. The molecule has 16 heavy (non-hydrogen) atoms. The van der Waals surface area contributed by atoms with E-state index in [9.17, 15) is 4.79 Å². The highest BCUT2D eigenvalue weighted by molar-refractivity contribution is 5.74. The summed E-state index contributed by atoms with van der Waals surface area (Å²) in [5.41, 5.74) is 0. The summed E-state index contributed by atoms with van der Waals surface area (Å²) >= 11 is 0. The van der Waals surface area contributed by atoms with Crippen molar-refractivity contribution in [3.8, 4) is 0 Å². The first kappa shape index (κ1) is 13.5. The second kappa shape index (κ2) is 8.57. The van der Waals surface area contributed by atoms with Gasteiger partial charge in [-0.25, -0.2) is 5.06 Å². The zero-order valence-corrected chi connectivity index (χ0v) is 10.5. The van der Waals surface area contributed by atoms with Gasteiger partial charge in [0.15, 0.2) is 0 Å². The number of rotatable bonds is 1. The van der Waals surface area contributed by atoms with Crippen molar-refractivity contribution in [2.45, 2.75) is 64.2 Å². The third kappa shape index (κ3) is 5.50. The SMILES string of the molecule is CON1CCCCCCCCCCCC1=O. The van der Waals surface area contributed by atoms with Crippen LogP contribution in [0.2, 0.25) is 0 Å². The third-order valence-corrected chi connectivity index (χ3v) is 3.25. The summed E-state index contributed by atoms with van der Waals surface area (Å²) in [7, 11) is 1.59. The average Bonchev–Trinajstić information content (AvgIpc) is 2.31. The van der Waals surface area contributed by atoms with Crippen LogP contribution in [0, 0.1) is 0 Å². The molecule has 0 aromatic rings. The van der Waals surface area contributed by atoms with Crippen LogP contribution in [-0.2, 0) is 9.63 Å². The van der Waals surface area contributed by atoms with Crippen LogP contribution in [0.4, 0.5) is 0 Å². The third-order valence-electron chi connectivity index (χ3n) is 3.25. The van der Waals surface area contributed by atoms with Gasteiger partial charge in [-0.05, 0) is 12.8 Å². The van der Waals surface area contributed by atoms with Gasteiger partial charge >= 0.3 is 0 Å². The fourth-order valence-corrected chi connectivity index (χ4v) is 2.21. The van der Waals surface area contributed by atoms with Gasteiger partial charge in [-0.15, -0.1) is 0 Å². The van der Waals surface area contributed by atoms with Crippen molar-refractivity contribution < 1.29 is 9.63 Å². The van der Waals surface area contributed by atoms with Gasteiger partial charge < -0.3 is 0 Å². The lowest BCUT2D eigenvalue weighted by Crippen LogP contribution is -2.30. The van der Waals surface area contributed by atoms with Crippen molar-refractivity contribution in [3.63, 3.8) is 0 Å². The Morgan fingerprint density at radius 2 is 1.38 bits per heavy atom. The van der Waals surface area contributed by atoms with Gasteiger partial charge in [-0.1, -0.05) is 44.9 Å². The molecule has 3 nitrogen and oxygen atoms in total. The van der Waals surface area contributed by atoms with Crippen LogP contribution in [0.1, 0.15) is 64.2 Å². The normalized spacial score (nSPS) is 22.1. The minimum atomic E-state index is 0.154. The topological polar surface area (TPSA) is 29.5 Å². The van der Waals surface area contributed by atoms with Gasteiger partial charge in [0.25, 0.3) is 0 Å². The molecule has 1 saturated heterocycles. The van der Waals surface area contributed by atoms with Crippen LogP contribution in [-0.4, -0.2) is 24.6 Å². The van der Waals surface area contributed by atoms with Crippen molar-refractivity contribution in [3.05, 3.63) is 0 Å². The summed E-state index contributed by atoms with van der Waals surface area (Å²) in [6.07, 6.45) is 11.7. The predicted octanol–water partition coefficient (Wildman–Crippen LogP) is 3.29. The molecule has 1 aliphatic heterocycles. The lowest BCUT2D eigenvalue weighted by molar-refractivity contribution is -0.176. The zero-order chi connectivity index (χ0) is 11.6. The molecule has 1 heterocycles. The minimum Gasteiger partial charge on any atom is -0.274 e. The summed E-state index contributed by atoms with van der Waals surface area (Å²) in [5, 5.41) is 1.54. The second-order valence-corrected chi connectivity index (χ2v) is 4.61. The van der Waals surface area contributed by atoms with E-state index >= 15 is 0 Å². The van der Waals surface area contributed by atoms with E-state index in [-0.39, 0.29) is 5.91 Å². The Hall–Kier alpha value is -0.570. The van der Waals surface area contributed by atoms with Gasteiger partial charge in [0, 0.05) is 13.0 Å². The van der Waals surface area contributed by atoms with E-state index in [1.807, 2.05) is 0 Å². The molecule has 0 unspecified atom stereocenters. The fraction of sp³-hybridized carbons (Fsp3) is 0.923. The average molecular weight is 227 g/mol. The Kier molecular flexibility index (Phi) is 7.23. The van der Waals surface area contributed by atoms with Gasteiger partial charge in [-0.2, -0.15) is 0 Å². The van der Waals surface area contributed by atoms with Gasteiger partial charge in [0.2, 0.25) is 5.91 Å². The molecule has 1 aliphatic rings. The van der Waals surface area contributed by atoms with Crippen molar-refractivity contribution in [2.75, 3.05) is 13.7 Å². The molecule has 0 N–H and O–H groups in total. The first-order valence-corrected chi connectivity index (χ1v) is 6.69. The number of carbonyl (C=O) groups is 1. The largest absolute Gasteiger partial charge is 0.274 e. The van der Waals surface area contributed by atoms with Gasteiger partial charge in [0.05, 0.1) is 7.11 Å². The standard InChI is InChI=1S/C13H25NO2/c1-16-14-12-10-8-6-4-2-3-5-7-9-11-13(14)15/h2-12H2,1H3. The molecule has 0 spiro atoms. The number of hydrogen-bond donors (Lipinski definition) is 0. The maximum Gasteiger partial charge on any atom is 0.246 e. The number of hydroxylamine groups is 2. The molecule has 0 aliphatic carbocycles. The molecule has 0 radical (unpaired) electrons. The van der Waals surface area contributed by atoms with E-state index in [1.165, 1.54) is 50.0 Å². The van der Waals surface area contributed by atoms with E-state index in [2.05, 4.69) is 0 Å². The molecule has 1 rings (SSSR count). The molecule has 1 amide bonds. The smallest absolute Gasteiger partial charge is 0.246 e. The van der Waals surface area contributed by atoms with Crippen LogP contribution >= 0.6 is 0 Å². The molecule has 0 bridgehead atoms. The Morgan fingerprint density at radius 3 is 1.94 bits per heavy atom. The second-order valence-electron chi connectivity index (χ2n) is 4.61. The minimum absolute atomic E-state index is 0.154. The molecule has 3 heteroatoms. The van der Waals surface area contributed by atoms with E-state index in [4.69, 9.17) is 4.84 Å². The zero-order valence-electron chi connectivity index (χ0n) is 10.5. The predicted molar refractivity (Wildman–Crippen MR) is 64.9 cm³/mol. The fourth-order valence-electron chi connectivity index (χ4n) is 2.21. The maximum atomic E-state index is 11.7. The van der Waals surface area contributed by atoms with Crippen LogP contribution in [0.5, 0.6) is 0 Å². The monoisotopic (exact) mass is 227 g/mol. The Labute approximate surface area is 99.1 Å². The first-order valence-electron chi connectivity index (χ1n) is 6.69. The molecule has 0 saturated carbocycles. The lowest BCUT2D eigenvalue weighted by Gasteiger charge is -2.19. The van der Waals surface area contributed by atoms with E-state index in [0.29, 0.717) is 6.42 Å². The van der Waals surface area contributed by atoms with Crippen LogP contribution in [0.3, 0.4) is 0 Å². The maximum absolute atomic E-state index is 11.7. The molecule has 1 fully saturated rings. The highest BCUT2D eigenvalue weighted by Crippen LogP contribution is 2.13. The number of nitrogens with zero attached hydrogens (tertiary/aromatic N) is 1. The summed E-state index contributed by atoms with van der Waals surface area (Å²) < 4.78 is 0. The molecular weight excluding hydrogens is 202 g/mol. The van der Waals surface area contributed by atoms with E-state index < -0.39 is 0 Å². The van der Waals surface area contributed by atoms with E-state index in [1.54, 1.807) is 7.11 Å². The van der Waals surface area contributed by atoms with Crippen molar-refractivity contribution >= 4 is 5.91 Å². The number of carbonyl (C=O) groups excluding carboxylic acids is 1. The molecule has 0 aromatic carbocycles. The van der Waals surface area contributed by atoms with Crippen molar-refractivity contribution in [2.24, 2.45) is 0 Å². The highest BCUT2D eigenvalue weighted by atomic mass is 16.7. The number of amides is 1. The van der Waals surface area contributed by atoms with Crippen LogP contribution in [0.15, 0.2) is 0 Å². The Balaban J connectivity index is 2.34. The lowest BCUT2D eigenvalue weighted by atomic mass is 10.1. The van der Waals surface area contributed by atoms with Crippen LogP contribution in [0.25, 0.3) is 0 Å². The molecule has 94 valence electrons. The number of hydrogen-bond acceptors (Lipinski definition) is 2. The van der Waals surface area contributed by atoms with Crippen LogP contribution < -0.4 is 0 Å². The van der Waals surface area contributed by atoms with Crippen molar-refractivity contribution in [1.29, 1.82) is 0 Å². The highest BCUT2D eigenvalue weighted by Gasteiger charge is 2.12. The summed E-state index contributed by atoms with van der Waals surface area (Å²) in [6, 6.07) is 0. The summed E-state index contributed by atoms with van der Waals surface area (Å²) in [5.74, 6) is 0.154. The first-order chi connectivity index (χ1) is 7.84. The Morgan fingerprint density at radius 1 is 0.875 bits per heavy atom. The molecule has 0 aromatic heterocycles. The summed E-state index contributed by atoms with van der Waals surface area (Å²) in [6.45, 7) is 0.759. The quantitative estimate of drug-likeness (QED) is 0.688. The van der Waals surface area contributed by atoms with Gasteiger partial charge in [-0.3, -0.25) is 9.63 Å². The summed E-state index contributed by atoms with van der Waals surface area (Å²) in [4.78, 5) is 16.9. The Bertz CT molecular complexity index is 194. The van der Waals surface area contributed by atoms with Crippen molar-refractivity contribution in [1.82, 2.24) is 5.06 Å².